The van der Waals surface area contributed by atoms with Gasteiger partial charge < -0.3 is 4.57 Å². The number of aromatic nitrogens is 1. The lowest BCUT2D eigenvalue weighted by atomic mass is 9.98. The molecular formula is C29H28N4OS. The average Bonchev–Trinajstić information content (AvgIpc) is 3.42. The van der Waals surface area contributed by atoms with Crippen molar-refractivity contribution in [2.45, 2.75) is 40.0 Å². The highest BCUT2D eigenvalue weighted by Crippen LogP contribution is 2.37. The topological polar surface area (TPSA) is 61.5 Å². The molecule has 1 atom stereocenters. The van der Waals surface area contributed by atoms with Crippen LogP contribution >= 0.6 is 11.8 Å². The van der Waals surface area contributed by atoms with Crippen molar-refractivity contribution in [2.75, 3.05) is 0 Å². The Morgan fingerprint density at radius 2 is 1.80 bits per heavy atom. The van der Waals surface area contributed by atoms with Gasteiger partial charge in [-0.1, -0.05) is 68.1 Å². The van der Waals surface area contributed by atoms with Crippen molar-refractivity contribution < 1.29 is 4.79 Å². The predicted octanol–water partition coefficient (Wildman–Crippen LogP) is 6.91. The molecule has 0 fully saturated rings. The number of aryl methyl sites for hydroxylation is 1. The minimum absolute atomic E-state index is 0.155. The van der Waals surface area contributed by atoms with Crippen molar-refractivity contribution >= 4 is 40.4 Å². The zero-order chi connectivity index (χ0) is 24.7. The molecule has 0 saturated carbocycles. The molecule has 0 spiro atoms. The molecule has 1 aromatic heterocycles. The maximum Gasteiger partial charge on any atom is 0.283 e. The summed E-state index contributed by atoms with van der Waals surface area (Å²) in [7, 11) is 0. The second-order valence-corrected chi connectivity index (χ2v) is 9.83. The Balaban J connectivity index is 1.50. The van der Waals surface area contributed by atoms with E-state index in [1.165, 1.54) is 17.3 Å². The highest BCUT2D eigenvalue weighted by molar-refractivity contribution is 8.17. The number of benzene rings is 2. The fourth-order valence-electron chi connectivity index (χ4n) is 4.59. The molecule has 0 saturated heterocycles. The number of thioether (sulfide) groups is 1. The molecule has 2 aliphatic rings. The summed E-state index contributed by atoms with van der Waals surface area (Å²) in [5, 5.41) is 11.4. The first-order valence-corrected chi connectivity index (χ1v) is 12.7. The van der Waals surface area contributed by atoms with Gasteiger partial charge in [0.1, 0.15) is 5.84 Å². The van der Waals surface area contributed by atoms with Gasteiger partial charge in [-0.15, -0.1) is 0 Å². The van der Waals surface area contributed by atoms with Crippen molar-refractivity contribution in [3.05, 3.63) is 99.7 Å². The van der Waals surface area contributed by atoms with E-state index in [-0.39, 0.29) is 11.7 Å². The molecule has 3 aromatic rings. The van der Waals surface area contributed by atoms with Gasteiger partial charge in [-0.25, -0.2) is 0 Å². The highest BCUT2D eigenvalue weighted by atomic mass is 32.2. The second kappa shape index (κ2) is 9.19. The number of amides is 1. The van der Waals surface area contributed by atoms with Crippen LogP contribution in [0.5, 0.6) is 0 Å². The monoisotopic (exact) mass is 480 g/mol. The standard InChI is InChI=1S/C29H28N4OS/c1-5-18(2)21-11-13-24(14-12-21)32-19(3)15-23(20(32)4)16-25-27(30)33-26(22-9-7-6-8-10-22)17-35-29(33)31-28(25)34/h6-18,30H,5H2,1-4H3/b25-16-,30-27?/t18-/m1/s1. The van der Waals surface area contributed by atoms with E-state index < -0.39 is 0 Å². The molecule has 2 aromatic carbocycles. The van der Waals surface area contributed by atoms with Gasteiger partial charge in [-0.2, -0.15) is 4.99 Å². The molecule has 5 nitrogen and oxygen atoms in total. The third-order valence-electron chi connectivity index (χ3n) is 6.79. The van der Waals surface area contributed by atoms with Crippen LogP contribution in [0.1, 0.15) is 54.3 Å². The van der Waals surface area contributed by atoms with E-state index in [9.17, 15) is 4.79 Å². The van der Waals surface area contributed by atoms with Crippen LogP contribution in [0.2, 0.25) is 0 Å². The highest BCUT2D eigenvalue weighted by Gasteiger charge is 2.36. The Labute approximate surface area is 210 Å². The van der Waals surface area contributed by atoms with Crippen molar-refractivity contribution in [1.29, 1.82) is 5.41 Å². The van der Waals surface area contributed by atoms with Crippen molar-refractivity contribution in [3.8, 4) is 5.69 Å². The van der Waals surface area contributed by atoms with Crippen LogP contribution in [-0.4, -0.2) is 26.4 Å². The van der Waals surface area contributed by atoms with E-state index in [4.69, 9.17) is 5.41 Å². The fourth-order valence-corrected chi connectivity index (χ4v) is 5.48. The number of carbonyl (C=O) groups excluding carboxylic acids is 1. The molecule has 6 heteroatoms. The first-order valence-electron chi connectivity index (χ1n) is 11.8. The summed E-state index contributed by atoms with van der Waals surface area (Å²) in [5.41, 5.74) is 7.59. The van der Waals surface area contributed by atoms with Gasteiger partial charge in [0, 0.05) is 22.5 Å². The number of fused-ring (bicyclic) bond motifs is 1. The Kier molecular flexibility index (Phi) is 6.07. The van der Waals surface area contributed by atoms with Gasteiger partial charge in [-0.05, 0) is 67.2 Å². The molecule has 2 aliphatic heterocycles. The van der Waals surface area contributed by atoms with Crippen LogP contribution in [0.4, 0.5) is 0 Å². The van der Waals surface area contributed by atoms with Crippen LogP contribution in [-0.2, 0) is 4.79 Å². The summed E-state index contributed by atoms with van der Waals surface area (Å²) in [6.07, 6.45) is 2.92. The SMILES string of the molecule is CC[C@@H](C)c1ccc(-n2c(C)cc(/C=C3/C(=N)N4C(c5ccccc5)=CSC4=NC3=O)c2C)cc1. The second-order valence-electron chi connectivity index (χ2n) is 8.99. The molecule has 0 bridgehead atoms. The van der Waals surface area contributed by atoms with Gasteiger partial charge in [0.2, 0.25) is 0 Å². The molecule has 5 rings (SSSR count). The quantitative estimate of drug-likeness (QED) is 0.404. The lowest BCUT2D eigenvalue weighted by Gasteiger charge is -2.26. The smallest absolute Gasteiger partial charge is 0.283 e. The summed E-state index contributed by atoms with van der Waals surface area (Å²) < 4.78 is 2.19. The molecule has 1 amide bonds. The molecule has 176 valence electrons. The zero-order valence-electron chi connectivity index (χ0n) is 20.4. The van der Waals surface area contributed by atoms with E-state index in [0.717, 1.165) is 40.3 Å². The van der Waals surface area contributed by atoms with E-state index in [0.29, 0.717) is 16.7 Å². The number of rotatable bonds is 5. The minimum Gasteiger partial charge on any atom is -0.318 e. The van der Waals surface area contributed by atoms with Crippen LogP contribution < -0.4 is 0 Å². The van der Waals surface area contributed by atoms with Gasteiger partial charge in [-0.3, -0.25) is 15.1 Å². The molecular weight excluding hydrogens is 452 g/mol. The number of amidine groups is 2. The Bertz CT molecular complexity index is 1410. The lowest BCUT2D eigenvalue weighted by Crippen LogP contribution is -2.38. The van der Waals surface area contributed by atoms with E-state index in [1.807, 2.05) is 41.8 Å². The fraction of sp³-hybridized carbons (Fsp3) is 0.207. The van der Waals surface area contributed by atoms with Crippen LogP contribution in [0, 0.1) is 19.3 Å². The summed E-state index contributed by atoms with van der Waals surface area (Å²) in [5.74, 6) is 0.311. The third kappa shape index (κ3) is 4.08. The van der Waals surface area contributed by atoms with Gasteiger partial charge in [0.25, 0.3) is 5.91 Å². The molecule has 1 N–H and O–H groups in total. The summed E-state index contributed by atoms with van der Waals surface area (Å²) in [6.45, 7) is 8.56. The van der Waals surface area contributed by atoms with Gasteiger partial charge in [0.05, 0.1) is 11.3 Å². The normalized spacial score (nSPS) is 17.5. The molecule has 3 heterocycles. The number of hydrogen-bond donors (Lipinski definition) is 1. The molecule has 0 aliphatic carbocycles. The van der Waals surface area contributed by atoms with Crippen molar-refractivity contribution in [3.63, 3.8) is 0 Å². The van der Waals surface area contributed by atoms with E-state index in [1.54, 1.807) is 4.90 Å². The van der Waals surface area contributed by atoms with Crippen LogP contribution in [0.3, 0.4) is 0 Å². The summed E-state index contributed by atoms with van der Waals surface area (Å²) in [4.78, 5) is 19.0. The largest absolute Gasteiger partial charge is 0.318 e. The van der Waals surface area contributed by atoms with Gasteiger partial charge >= 0.3 is 0 Å². The molecule has 0 unspecified atom stereocenters. The predicted molar refractivity (Wildman–Crippen MR) is 146 cm³/mol. The Morgan fingerprint density at radius 3 is 2.49 bits per heavy atom. The molecule has 0 radical (unpaired) electrons. The van der Waals surface area contributed by atoms with Crippen LogP contribution in [0.15, 0.2) is 76.6 Å². The number of aliphatic imine (C=N–C) groups is 1. The molecule has 35 heavy (non-hydrogen) atoms. The van der Waals surface area contributed by atoms with E-state index >= 15 is 0 Å². The first kappa shape index (κ1) is 23.1. The number of hydrogen-bond acceptors (Lipinski definition) is 3. The minimum atomic E-state index is -0.376. The van der Waals surface area contributed by atoms with Crippen molar-refractivity contribution in [2.24, 2.45) is 4.99 Å². The average molecular weight is 481 g/mol. The Morgan fingerprint density at radius 1 is 1.09 bits per heavy atom. The maximum atomic E-state index is 12.9. The number of carbonyl (C=O) groups is 1. The lowest BCUT2D eigenvalue weighted by molar-refractivity contribution is -0.114. The maximum absolute atomic E-state index is 12.9. The number of nitrogens with zero attached hydrogens (tertiary/aromatic N) is 3. The van der Waals surface area contributed by atoms with Crippen LogP contribution in [0.25, 0.3) is 17.5 Å². The van der Waals surface area contributed by atoms with E-state index in [2.05, 4.69) is 67.6 Å². The first-order chi connectivity index (χ1) is 16.9. The number of nitrogens with one attached hydrogen (secondary N) is 1. The summed E-state index contributed by atoms with van der Waals surface area (Å²) in [6, 6.07) is 20.7. The zero-order valence-corrected chi connectivity index (χ0v) is 21.2. The van der Waals surface area contributed by atoms with Gasteiger partial charge in [0.15, 0.2) is 5.17 Å². The Hall–Kier alpha value is -3.64. The van der Waals surface area contributed by atoms with Crippen molar-refractivity contribution in [1.82, 2.24) is 9.47 Å². The summed E-state index contributed by atoms with van der Waals surface area (Å²) >= 11 is 1.38. The third-order valence-corrected chi connectivity index (χ3v) is 7.61.